The minimum atomic E-state index is 0.570. The summed E-state index contributed by atoms with van der Waals surface area (Å²) < 4.78 is 1.74. The highest BCUT2D eigenvalue weighted by Crippen LogP contribution is 1.93. The van der Waals surface area contributed by atoms with Gasteiger partial charge in [0.15, 0.2) is 5.82 Å². The van der Waals surface area contributed by atoms with Crippen molar-refractivity contribution in [2.75, 3.05) is 5.88 Å². The molecule has 0 aliphatic heterocycles. The van der Waals surface area contributed by atoms with Gasteiger partial charge in [-0.2, -0.15) is 0 Å². The normalized spacial score (nSPS) is 10.2. The number of aromatic nitrogens is 4. The van der Waals surface area contributed by atoms with Crippen molar-refractivity contribution >= 4 is 11.6 Å². The molecule has 0 saturated heterocycles. The van der Waals surface area contributed by atoms with Gasteiger partial charge < -0.3 is 0 Å². The van der Waals surface area contributed by atoms with Gasteiger partial charge in [0, 0.05) is 18.8 Å². The van der Waals surface area contributed by atoms with Crippen molar-refractivity contribution in [3.8, 4) is 0 Å². The van der Waals surface area contributed by atoms with Gasteiger partial charge in [-0.15, -0.1) is 16.7 Å². The van der Waals surface area contributed by atoms with Crippen molar-refractivity contribution in [1.29, 1.82) is 0 Å². The lowest BCUT2D eigenvalue weighted by atomic mass is 10.4. The minimum absolute atomic E-state index is 0.570. The van der Waals surface area contributed by atoms with E-state index in [-0.39, 0.29) is 0 Å². The second kappa shape index (κ2) is 3.51. The molecule has 10 heavy (non-hydrogen) atoms. The predicted molar refractivity (Wildman–Crippen MR) is 37.9 cm³/mol. The van der Waals surface area contributed by atoms with Crippen molar-refractivity contribution in [1.82, 2.24) is 20.2 Å². The zero-order valence-corrected chi connectivity index (χ0v) is 6.54. The lowest BCUT2D eigenvalue weighted by molar-refractivity contribution is 0.601. The molecule has 0 spiro atoms. The van der Waals surface area contributed by atoms with E-state index in [1.807, 2.05) is 6.92 Å². The molecular weight excluding hydrogens is 152 g/mol. The fourth-order valence-electron chi connectivity index (χ4n) is 0.732. The Morgan fingerprint density at radius 1 is 1.60 bits per heavy atom. The van der Waals surface area contributed by atoms with Crippen LogP contribution in [-0.4, -0.2) is 26.1 Å². The summed E-state index contributed by atoms with van der Waals surface area (Å²) in [6, 6.07) is 0. The number of tetrazole rings is 1. The Kier molecular flexibility index (Phi) is 2.62. The molecule has 0 bridgehead atoms. The SMILES string of the molecule is CCn1nnnc1CCCl. The first-order chi connectivity index (χ1) is 4.88. The molecule has 0 aromatic carbocycles. The maximum absolute atomic E-state index is 5.51. The average molecular weight is 161 g/mol. The summed E-state index contributed by atoms with van der Waals surface area (Å²) in [6.45, 7) is 2.80. The second-order valence-electron chi connectivity index (χ2n) is 1.85. The van der Waals surface area contributed by atoms with Crippen LogP contribution in [0.1, 0.15) is 12.7 Å². The molecule has 0 aliphatic rings. The van der Waals surface area contributed by atoms with E-state index in [0.29, 0.717) is 5.88 Å². The van der Waals surface area contributed by atoms with Gasteiger partial charge in [-0.25, -0.2) is 4.68 Å². The molecule has 1 rings (SSSR count). The van der Waals surface area contributed by atoms with E-state index >= 15 is 0 Å². The Balaban J connectivity index is 2.70. The van der Waals surface area contributed by atoms with Gasteiger partial charge in [0.05, 0.1) is 0 Å². The van der Waals surface area contributed by atoms with Crippen molar-refractivity contribution in [2.45, 2.75) is 19.9 Å². The molecule has 0 saturated carbocycles. The van der Waals surface area contributed by atoms with Crippen LogP contribution >= 0.6 is 11.6 Å². The van der Waals surface area contributed by atoms with E-state index in [0.717, 1.165) is 18.8 Å². The third-order valence-electron chi connectivity index (χ3n) is 1.22. The monoisotopic (exact) mass is 160 g/mol. The van der Waals surface area contributed by atoms with Crippen LogP contribution < -0.4 is 0 Å². The predicted octanol–water partition coefficient (Wildman–Crippen LogP) is 0.474. The van der Waals surface area contributed by atoms with Crippen molar-refractivity contribution < 1.29 is 0 Å². The summed E-state index contributed by atoms with van der Waals surface area (Å²) in [5, 5.41) is 11.1. The maximum atomic E-state index is 5.51. The van der Waals surface area contributed by atoms with Gasteiger partial charge in [-0.3, -0.25) is 0 Å². The summed E-state index contributed by atoms with van der Waals surface area (Å²) in [6.07, 6.45) is 0.738. The maximum Gasteiger partial charge on any atom is 0.152 e. The average Bonchev–Trinajstić information content (AvgIpc) is 2.36. The summed E-state index contributed by atoms with van der Waals surface area (Å²) in [5.74, 6) is 1.43. The van der Waals surface area contributed by atoms with Gasteiger partial charge >= 0.3 is 0 Å². The van der Waals surface area contributed by atoms with E-state index in [1.165, 1.54) is 0 Å². The molecule has 4 nitrogen and oxygen atoms in total. The summed E-state index contributed by atoms with van der Waals surface area (Å²) in [5.41, 5.74) is 0. The van der Waals surface area contributed by atoms with Crippen LogP contribution in [0.15, 0.2) is 0 Å². The lowest BCUT2D eigenvalue weighted by Gasteiger charge is -1.95. The molecule has 5 heteroatoms. The van der Waals surface area contributed by atoms with Crippen LogP contribution in [-0.2, 0) is 13.0 Å². The first kappa shape index (κ1) is 7.47. The van der Waals surface area contributed by atoms with E-state index in [4.69, 9.17) is 11.6 Å². The molecule has 0 aliphatic carbocycles. The molecule has 0 unspecified atom stereocenters. The van der Waals surface area contributed by atoms with Gasteiger partial charge in [0.25, 0.3) is 0 Å². The zero-order chi connectivity index (χ0) is 7.40. The van der Waals surface area contributed by atoms with Crippen LogP contribution in [0.5, 0.6) is 0 Å². The smallest absolute Gasteiger partial charge is 0.152 e. The highest BCUT2D eigenvalue weighted by molar-refractivity contribution is 6.17. The first-order valence-electron chi connectivity index (χ1n) is 3.19. The number of halogens is 1. The highest BCUT2D eigenvalue weighted by atomic mass is 35.5. The van der Waals surface area contributed by atoms with Crippen LogP contribution in [0, 0.1) is 0 Å². The number of aryl methyl sites for hydroxylation is 2. The van der Waals surface area contributed by atoms with Crippen molar-refractivity contribution in [2.24, 2.45) is 0 Å². The Bertz CT molecular complexity index is 197. The third-order valence-corrected chi connectivity index (χ3v) is 1.41. The molecule has 0 N–H and O–H groups in total. The Labute approximate surface area is 64.2 Å². The molecule has 56 valence electrons. The van der Waals surface area contributed by atoms with E-state index in [1.54, 1.807) is 4.68 Å². The second-order valence-corrected chi connectivity index (χ2v) is 2.23. The molecule has 1 aromatic heterocycles. The van der Waals surface area contributed by atoms with Gasteiger partial charge in [-0.1, -0.05) is 0 Å². The fraction of sp³-hybridized carbons (Fsp3) is 0.800. The quantitative estimate of drug-likeness (QED) is 0.604. The van der Waals surface area contributed by atoms with Crippen LogP contribution in [0.2, 0.25) is 0 Å². The van der Waals surface area contributed by atoms with Crippen LogP contribution in [0.25, 0.3) is 0 Å². The molecule has 0 fully saturated rings. The van der Waals surface area contributed by atoms with E-state index < -0.39 is 0 Å². The van der Waals surface area contributed by atoms with Gasteiger partial charge in [0.2, 0.25) is 0 Å². The number of rotatable bonds is 3. The topological polar surface area (TPSA) is 43.6 Å². The van der Waals surface area contributed by atoms with Crippen LogP contribution in [0.4, 0.5) is 0 Å². The molecular formula is C5H9ClN4. The molecule has 1 aromatic rings. The summed E-state index contributed by atoms with van der Waals surface area (Å²) in [7, 11) is 0. The molecule has 1 heterocycles. The van der Waals surface area contributed by atoms with Gasteiger partial charge in [-0.05, 0) is 17.4 Å². The number of hydrogen-bond donors (Lipinski definition) is 0. The first-order valence-corrected chi connectivity index (χ1v) is 3.73. The number of hydrogen-bond acceptors (Lipinski definition) is 3. The Morgan fingerprint density at radius 2 is 2.40 bits per heavy atom. The van der Waals surface area contributed by atoms with E-state index in [2.05, 4.69) is 15.5 Å². The Hall–Kier alpha value is -0.640. The molecule has 0 atom stereocenters. The number of alkyl halides is 1. The fourth-order valence-corrected chi connectivity index (χ4v) is 0.902. The third kappa shape index (κ3) is 1.44. The summed E-state index contributed by atoms with van der Waals surface area (Å²) in [4.78, 5) is 0. The minimum Gasteiger partial charge on any atom is -0.230 e. The Morgan fingerprint density at radius 3 is 3.00 bits per heavy atom. The summed E-state index contributed by atoms with van der Waals surface area (Å²) >= 11 is 5.51. The standard InChI is InChI=1S/C5H9ClN4/c1-2-10-5(3-4-6)7-8-9-10/h2-4H2,1H3. The molecule has 0 radical (unpaired) electrons. The van der Waals surface area contributed by atoms with Crippen molar-refractivity contribution in [3.05, 3.63) is 5.82 Å². The van der Waals surface area contributed by atoms with Gasteiger partial charge in [0.1, 0.15) is 0 Å². The molecule has 0 amide bonds. The lowest BCUT2D eigenvalue weighted by Crippen LogP contribution is -2.03. The van der Waals surface area contributed by atoms with E-state index in [9.17, 15) is 0 Å². The van der Waals surface area contributed by atoms with Crippen molar-refractivity contribution in [3.63, 3.8) is 0 Å². The number of nitrogens with zero attached hydrogens (tertiary/aromatic N) is 4. The zero-order valence-electron chi connectivity index (χ0n) is 5.79. The van der Waals surface area contributed by atoms with Crippen LogP contribution in [0.3, 0.4) is 0 Å². The highest BCUT2D eigenvalue weighted by Gasteiger charge is 2.00. The largest absolute Gasteiger partial charge is 0.230 e.